The second-order valence-corrected chi connectivity index (χ2v) is 19.0. The summed E-state index contributed by atoms with van der Waals surface area (Å²) in [6, 6.07) is 18.1. The van der Waals surface area contributed by atoms with Crippen molar-refractivity contribution >= 4 is 49.1 Å². The summed E-state index contributed by atoms with van der Waals surface area (Å²) in [5.41, 5.74) is 1.58. The van der Waals surface area contributed by atoms with Gasteiger partial charge in [0.2, 0.25) is 0 Å². The van der Waals surface area contributed by atoms with E-state index in [1.807, 2.05) is 65.8 Å². The number of aliphatic hydroxyl groups excluding tert-OH is 1. The predicted octanol–water partition coefficient (Wildman–Crippen LogP) is 15.5. The van der Waals surface area contributed by atoms with Gasteiger partial charge in [-0.1, -0.05) is 112 Å². The molecule has 10 heteroatoms. The summed E-state index contributed by atoms with van der Waals surface area (Å²) in [5.74, 6) is 1.16. The van der Waals surface area contributed by atoms with Crippen LogP contribution in [0.1, 0.15) is 126 Å². The quantitative estimate of drug-likeness (QED) is 0.0841. The van der Waals surface area contributed by atoms with Gasteiger partial charge in [-0.15, -0.1) is 40.5 Å². The first-order valence-corrected chi connectivity index (χ1v) is 20.7. The SMILES string of the molecule is CC(C)(C)Cc1cc2oc(-c3sc4c(-c5[c-]c6ccccc6c(C(C)(C)C)c5)nccc4c3C(F)(F)F)cc2o1.CCC(C)(CC)C(=O)/C=C(\O)C(C)(CC)CC.[Ir]. The van der Waals surface area contributed by atoms with Crippen molar-refractivity contribution in [1.29, 1.82) is 0 Å². The number of carbonyl (C=O) groups is 1. The maximum absolute atomic E-state index is 14.6. The van der Waals surface area contributed by atoms with Crippen LogP contribution < -0.4 is 0 Å². The minimum absolute atomic E-state index is 0. The molecule has 0 saturated carbocycles. The maximum atomic E-state index is 14.6. The summed E-state index contributed by atoms with van der Waals surface area (Å²) >= 11 is 1.04. The Morgan fingerprint density at radius 2 is 1.43 bits per heavy atom. The Balaban J connectivity index is 0.000000353. The first-order chi connectivity index (χ1) is 26.5. The average molecular weight is 993 g/mol. The van der Waals surface area contributed by atoms with E-state index in [1.165, 1.54) is 18.3 Å². The molecule has 0 saturated heterocycles. The first kappa shape index (κ1) is 47.0. The van der Waals surface area contributed by atoms with Crippen molar-refractivity contribution in [2.45, 2.75) is 127 Å². The molecule has 0 fully saturated rings. The van der Waals surface area contributed by atoms with Crippen molar-refractivity contribution in [2.24, 2.45) is 16.2 Å². The molecule has 0 unspecified atom stereocenters. The number of aliphatic hydroxyl groups is 1. The molecule has 6 rings (SSSR count). The fourth-order valence-electron chi connectivity index (χ4n) is 6.94. The molecule has 315 valence electrons. The predicted molar refractivity (Wildman–Crippen MR) is 229 cm³/mol. The number of halogens is 3. The van der Waals surface area contributed by atoms with Crippen molar-refractivity contribution in [3.8, 4) is 21.9 Å². The molecule has 0 bridgehead atoms. The normalized spacial score (nSPS) is 13.2. The zero-order valence-electron chi connectivity index (χ0n) is 35.8. The number of rotatable bonds is 10. The largest absolute Gasteiger partial charge is 0.512 e. The van der Waals surface area contributed by atoms with Crippen molar-refractivity contribution < 1.29 is 52.0 Å². The smallest absolute Gasteiger partial charge is 0.418 e. The molecular formula is C48H57F3IrNO4S-. The molecule has 4 heterocycles. The first-order valence-electron chi connectivity index (χ1n) is 19.9. The molecule has 0 amide bonds. The van der Waals surface area contributed by atoms with E-state index < -0.39 is 11.7 Å². The summed E-state index contributed by atoms with van der Waals surface area (Å²) in [5, 5.41) is 12.2. The Bertz CT molecular complexity index is 2380. The zero-order chi connectivity index (χ0) is 42.3. The molecule has 4 aromatic heterocycles. The molecule has 1 N–H and O–H groups in total. The van der Waals surface area contributed by atoms with Crippen molar-refractivity contribution in [3.63, 3.8) is 0 Å². The van der Waals surface area contributed by atoms with Crippen LogP contribution in [0.15, 0.2) is 75.4 Å². The van der Waals surface area contributed by atoms with Crippen molar-refractivity contribution in [2.75, 3.05) is 0 Å². The van der Waals surface area contributed by atoms with E-state index in [-0.39, 0.29) is 69.3 Å². The molecule has 6 aromatic rings. The Morgan fingerprint density at radius 1 is 0.828 bits per heavy atom. The number of allylic oxidation sites excluding steroid dienone is 2. The van der Waals surface area contributed by atoms with Gasteiger partial charge in [-0.2, -0.15) is 13.2 Å². The number of thiophene rings is 1. The fraction of sp³-hybridized carbons (Fsp3) is 0.458. The van der Waals surface area contributed by atoms with Crippen LogP contribution >= 0.6 is 11.3 Å². The molecule has 2 aromatic carbocycles. The van der Waals surface area contributed by atoms with Gasteiger partial charge in [-0.25, -0.2) is 0 Å². The van der Waals surface area contributed by atoms with E-state index in [1.54, 1.807) is 12.1 Å². The Hall–Kier alpha value is -3.72. The minimum atomic E-state index is -4.60. The number of ketones is 1. The number of fused-ring (bicyclic) bond motifs is 3. The Kier molecular flexibility index (Phi) is 14.2. The van der Waals surface area contributed by atoms with Gasteiger partial charge in [0.15, 0.2) is 16.9 Å². The molecular weight excluding hydrogens is 936 g/mol. The van der Waals surface area contributed by atoms with Gasteiger partial charge in [0.1, 0.15) is 17.3 Å². The third-order valence-corrected chi connectivity index (χ3v) is 12.7. The summed E-state index contributed by atoms with van der Waals surface area (Å²) in [6.45, 7) is 24.7. The molecule has 5 nitrogen and oxygen atoms in total. The minimum Gasteiger partial charge on any atom is -0.512 e. The second kappa shape index (κ2) is 17.5. The van der Waals surface area contributed by atoms with Gasteiger partial charge in [0.05, 0.1) is 10.4 Å². The monoisotopic (exact) mass is 993 g/mol. The van der Waals surface area contributed by atoms with Crippen LogP contribution in [-0.4, -0.2) is 15.9 Å². The summed E-state index contributed by atoms with van der Waals surface area (Å²) in [7, 11) is 0. The number of hydrogen-bond acceptors (Lipinski definition) is 6. The molecule has 0 aliphatic heterocycles. The van der Waals surface area contributed by atoms with Crippen molar-refractivity contribution in [1.82, 2.24) is 4.98 Å². The van der Waals surface area contributed by atoms with E-state index in [0.29, 0.717) is 33.5 Å². The number of benzene rings is 2. The van der Waals surface area contributed by atoms with Gasteiger partial charge in [-0.3, -0.25) is 9.78 Å². The number of carbonyl (C=O) groups excluding carboxylic acids is 1. The number of aromatic nitrogens is 1. The van der Waals surface area contributed by atoms with Crippen LogP contribution in [0.2, 0.25) is 0 Å². The van der Waals surface area contributed by atoms with E-state index in [9.17, 15) is 23.1 Å². The number of alkyl halides is 3. The second-order valence-electron chi connectivity index (χ2n) is 18.0. The van der Waals surface area contributed by atoms with Gasteiger partial charge in [-0.05, 0) is 42.6 Å². The van der Waals surface area contributed by atoms with Gasteiger partial charge >= 0.3 is 6.18 Å². The van der Waals surface area contributed by atoms with Crippen LogP contribution in [0.25, 0.3) is 53.9 Å². The summed E-state index contributed by atoms with van der Waals surface area (Å²) < 4.78 is 56.2. The van der Waals surface area contributed by atoms with E-state index in [4.69, 9.17) is 8.83 Å². The van der Waals surface area contributed by atoms with Crippen LogP contribution in [0.3, 0.4) is 0 Å². The molecule has 0 aliphatic carbocycles. The van der Waals surface area contributed by atoms with Crippen LogP contribution in [0.4, 0.5) is 13.2 Å². The molecule has 0 spiro atoms. The fourth-order valence-corrected chi connectivity index (χ4v) is 8.21. The topological polar surface area (TPSA) is 76.5 Å². The third-order valence-electron chi connectivity index (χ3n) is 11.5. The summed E-state index contributed by atoms with van der Waals surface area (Å²) in [6.07, 6.45) is 2.29. The Morgan fingerprint density at radius 3 is 1.98 bits per heavy atom. The maximum Gasteiger partial charge on any atom is 0.418 e. The standard InChI is InChI=1S/C33H29F3NO2S.C15H28O2.Ir/c1-31(2,3)17-20-15-24-25(38-20)16-26(39-24)30-27(33(34,35)36)22-11-12-37-28(29(22)40-30)19-13-18-9-7-8-10-21(18)23(14-19)32(4,5)6;1-7-14(5,8-2)12(16)11-13(17)15(6,9-3)10-4;/h7-12,14-16H,17H2,1-6H3;11,16H,7-10H2,1-6H3;/q-1;;/b;12-11-;. The molecule has 0 atom stereocenters. The van der Waals surface area contributed by atoms with Gasteiger partial charge in [0.25, 0.3) is 0 Å². The molecule has 0 aliphatic rings. The number of furan rings is 2. The summed E-state index contributed by atoms with van der Waals surface area (Å²) in [4.78, 5) is 16.8. The number of hydrogen-bond donors (Lipinski definition) is 1. The van der Waals surface area contributed by atoms with E-state index >= 15 is 0 Å². The molecule has 58 heavy (non-hydrogen) atoms. The molecule has 1 radical (unpaired) electrons. The van der Waals surface area contributed by atoms with Crippen LogP contribution in [0.5, 0.6) is 0 Å². The van der Waals surface area contributed by atoms with Crippen LogP contribution in [0, 0.1) is 22.3 Å². The van der Waals surface area contributed by atoms with Crippen LogP contribution in [-0.2, 0) is 42.9 Å². The average Bonchev–Trinajstić information content (AvgIpc) is 3.84. The van der Waals surface area contributed by atoms with E-state index in [2.05, 4.69) is 58.7 Å². The Labute approximate surface area is 358 Å². The number of pyridine rings is 1. The zero-order valence-corrected chi connectivity index (χ0v) is 39.0. The van der Waals surface area contributed by atoms with Gasteiger partial charge < -0.3 is 13.9 Å². The third kappa shape index (κ3) is 9.83. The number of nitrogens with zero attached hydrogens (tertiary/aromatic N) is 1. The van der Waals surface area contributed by atoms with Crippen molar-refractivity contribution in [3.05, 3.63) is 89.5 Å². The van der Waals surface area contributed by atoms with Gasteiger partial charge in [0, 0.05) is 77.5 Å². The van der Waals surface area contributed by atoms with E-state index in [0.717, 1.165) is 59.1 Å².